The van der Waals surface area contributed by atoms with Gasteiger partial charge < -0.3 is 5.32 Å². The highest BCUT2D eigenvalue weighted by atomic mass is 32.2. The Kier molecular flexibility index (Phi) is 7.72. The van der Waals surface area contributed by atoms with Crippen LogP contribution in [0, 0.1) is 18.7 Å². The van der Waals surface area contributed by atoms with Gasteiger partial charge in [-0.3, -0.25) is 9.78 Å². The van der Waals surface area contributed by atoms with Gasteiger partial charge in [0.2, 0.25) is 15.9 Å². The van der Waals surface area contributed by atoms with Crippen molar-refractivity contribution in [2.75, 3.05) is 0 Å². The van der Waals surface area contributed by atoms with Crippen molar-refractivity contribution < 1.29 is 17.6 Å². The van der Waals surface area contributed by atoms with E-state index in [-0.39, 0.29) is 34.6 Å². The van der Waals surface area contributed by atoms with Crippen LogP contribution in [-0.2, 0) is 14.8 Å². The van der Waals surface area contributed by atoms with E-state index < -0.39 is 10.0 Å². The lowest BCUT2D eigenvalue weighted by Crippen LogP contribution is -2.41. The van der Waals surface area contributed by atoms with E-state index in [0.29, 0.717) is 31.2 Å². The summed E-state index contributed by atoms with van der Waals surface area (Å²) in [5, 5.41) is 3.74. The molecule has 0 unspecified atom stereocenters. The summed E-state index contributed by atoms with van der Waals surface area (Å²) >= 11 is 0. The smallest absolute Gasteiger partial charge is 0.240 e. The fourth-order valence-corrected chi connectivity index (χ4v) is 6.40. The molecular weight excluding hydrogens is 515 g/mol. The maximum Gasteiger partial charge on any atom is 0.240 e. The van der Waals surface area contributed by atoms with Gasteiger partial charge in [-0.15, -0.1) is 0 Å². The number of fused-ring (bicyclic) bond motifs is 1. The number of halogens is 1. The highest BCUT2D eigenvalue weighted by Gasteiger charge is 2.30. The third-order valence-electron chi connectivity index (χ3n) is 7.31. The van der Waals surface area contributed by atoms with Crippen molar-refractivity contribution in [2.45, 2.75) is 56.5 Å². The first-order chi connectivity index (χ1) is 18.7. The zero-order valence-corrected chi connectivity index (χ0v) is 22.7. The van der Waals surface area contributed by atoms with Crippen LogP contribution in [-0.4, -0.2) is 30.3 Å². The van der Waals surface area contributed by atoms with Crippen LogP contribution in [0.2, 0.25) is 0 Å². The molecule has 2 heterocycles. The largest absolute Gasteiger partial charge is 0.349 e. The molecule has 4 aromatic rings. The number of pyridine rings is 2. The Hall–Kier alpha value is -3.69. The molecule has 1 aliphatic carbocycles. The molecule has 0 saturated heterocycles. The van der Waals surface area contributed by atoms with Gasteiger partial charge in [0.15, 0.2) is 0 Å². The molecule has 5 rings (SSSR count). The summed E-state index contributed by atoms with van der Waals surface area (Å²) in [6.07, 6.45) is 4.08. The fourth-order valence-electron chi connectivity index (χ4n) is 5.06. The number of benzene rings is 2. The second-order valence-corrected chi connectivity index (χ2v) is 11.9. The van der Waals surface area contributed by atoms with Gasteiger partial charge in [0, 0.05) is 34.8 Å². The Bertz CT molecular complexity index is 1600. The molecule has 0 aliphatic heterocycles. The quantitative estimate of drug-likeness (QED) is 0.321. The third kappa shape index (κ3) is 6.32. The van der Waals surface area contributed by atoms with E-state index in [1.54, 1.807) is 36.5 Å². The normalized spacial score (nSPS) is 18.5. The van der Waals surface area contributed by atoms with Gasteiger partial charge in [-0.25, -0.2) is 22.5 Å². The van der Waals surface area contributed by atoms with Crippen LogP contribution in [0.3, 0.4) is 0 Å². The number of carbonyl (C=O) groups excluding carboxylic acids is 1. The molecule has 202 valence electrons. The monoisotopic (exact) mass is 546 g/mol. The van der Waals surface area contributed by atoms with Crippen LogP contribution in [0.5, 0.6) is 0 Å². The summed E-state index contributed by atoms with van der Waals surface area (Å²) in [6.45, 7) is 3.79. The standard InChI is InChI=1S/C30H31FN4O3S/c1-19-17-24(15-16-32-19)28-13-7-23-18-27(12-14-29(23)34-28)39(37,38)35-26-10-5-22(6-11-26)30(36)33-20(2)21-3-8-25(31)9-4-21/h3-4,7-9,12-18,20,22,26,35H,5-6,10-11H2,1-2H3,(H,33,36)/t20-,22-,26-/m1/s1. The molecule has 0 radical (unpaired) electrons. The number of rotatable bonds is 7. The van der Waals surface area contributed by atoms with Crippen molar-refractivity contribution in [1.82, 2.24) is 20.0 Å². The maximum absolute atomic E-state index is 13.2. The van der Waals surface area contributed by atoms with Gasteiger partial charge >= 0.3 is 0 Å². The highest BCUT2D eigenvalue weighted by molar-refractivity contribution is 7.89. The van der Waals surface area contributed by atoms with E-state index in [2.05, 4.69) is 15.0 Å². The Morgan fingerprint density at radius 3 is 2.44 bits per heavy atom. The third-order valence-corrected chi connectivity index (χ3v) is 8.83. The fraction of sp³-hybridized carbons (Fsp3) is 0.300. The SMILES string of the molecule is Cc1cc(-c2ccc3cc(S(=O)(=O)N[C@H]4CC[C@H](C(=O)N[C@H](C)c5ccc(F)cc5)CC4)ccc3n2)ccn1. The number of hydrogen-bond donors (Lipinski definition) is 2. The summed E-state index contributed by atoms with van der Waals surface area (Å²) in [7, 11) is -3.73. The summed E-state index contributed by atoms with van der Waals surface area (Å²) in [6, 6.07) is 18.2. The second kappa shape index (κ2) is 11.2. The molecular formula is C30H31FN4O3S. The van der Waals surface area contributed by atoms with E-state index in [1.807, 2.05) is 38.1 Å². The van der Waals surface area contributed by atoms with Crippen molar-refractivity contribution in [1.29, 1.82) is 0 Å². The van der Waals surface area contributed by atoms with Crippen molar-refractivity contribution in [3.8, 4) is 11.3 Å². The number of nitrogens with one attached hydrogen (secondary N) is 2. The summed E-state index contributed by atoms with van der Waals surface area (Å²) in [5.41, 5.74) is 4.20. The van der Waals surface area contributed by atoms with Crippen molar-refractivity contribution >= 4 is 26.8 Å². The van der Waals surface area contributed by atoms with E-state index in [1.165, 1.54) is 12.1 Å². The minimum atomic E-state index is -3.73. The zero-order chi connectivity index (χ0) is 27.6. The molecule has 2 aromatic heterocycles. The number of aryl methyl sites for hydroxylation is 1. The first kappa shape index (κ1) is 26.9. The van der Waals surface area contributed by atoms with Crippen LogP contribution >= 0.6 is 0 Å². The minimum absolute atomic E-state index is 0.0588. The van der Waals surface area contributed by atoms with E-state index in [4.69, 9.17) is 4.98 Å². The van der Waals surface area contributed by atoms with Crippen molar-refractivity contribution in [3.63, 3.8) is 0 Å². The summed E-state index contributed by atoms with van der Waals surface area (Å²) < 4.78 is 42.3. The summed E-state index contributed by atoms with van der Waals surface area (Å²) in [5.74, 6) is -0.557. The van der Waals surface area contributed by atoms with Crippen LogP contribution < -0.4 is 10.0 Å². The Balaban J connectivity index is 1.19. The minimum Gasteiger partial charge on any atom is -0.349 e. The van der Waals surface area contributed by atoms with Crippen LogP contribution in [0.4, 0.5) is 4.39 Å². The van der Waals surface area contributed by atoms with Gasteiger partial charge in [0.1, 0.15) is 5.82 Å². The topological polar surface area (TPSA) is 101 Å². The van der Waals surface area contributed by atoms with E-state index in [0.717, 1.165) is 27.9 Å². The van der Waals surface area contributed by atoms with Gasteiger partial charge in [-0.1, -0.05) is 18.2 Å². The molecule has 39 heavy (non-hydrogen) atoms. The lowest BCUT2D eigenvalue weighted by molar-refractivity contribution is -0.126. The Labute approximate surface area is 227 Å². The number of amides is 1. The number of hydrogen-bond acceptors (Lipinski definition) is 5. The number of aromatic nitrogens is 2. The molecule has 9 heteroatoms. The van der Waals surface area contributed by atoms with Crippen LogP contribution in [0.15, 0.2) is 77.8 Å². The van der Waals surface area contributed by atoms with E-state index in [9.17, 15) is 17.6 Å². The summed E-state index contributed by atoms with van der Waals surface area (Å²) in [4.78, 5) is 21.9. The van der Waals surface area contributed by atoms with E-state index >= 15 is 0 Å². The van der Waals surface area contributed by atoms with Gasteiger partial charge in [0.25, 0.3) is 0 Å². The van der Waals surface area contributed by atoms with Crippen LogP contribution in [0.25, 0.3) is 22.2 Å². The molecule has 7 nitrogen and oxygen atoms in total. The zero-order valence-electron chi connectivity index (χ0n) is 21.9. The average Bonchev–Trinajstić information content (AvgIpc) is 2.93. The number of carbonyl (C=O) groups is 1. The second-order valence-electron chi connectivity index (χ2n) is 10.2. The molecule has 1 amide bonds. The predicted molar refractivity (Wildman–Crippen MR) is 149 cm³/mol. The first-order valence-electron chi connectivity index (χ1n) is 13.1. The van der Waals surface area contributed by atoms with Crippen LogP contribution in [0.1, 0.15) is 49.9 Å². The number of sulfonamides is 1. The lowest BCUT2D eigenvalue weighted by Gasteiger charge is -2.29. The number of nitrogens with zero attached hydrogens (tertiary/aromatic N) is 2. The lowest BCUT2D eigenvalue weighted by atomic mass is 9.85. The molecule has 1 fully saturated rings. The molecule has 2 N–H and O–H groups in total. The maximum atomic E-state index is 13.2. The van der Waals surface area contributed by atoms with Gasteiger partial charge in [-0.05, 0) is 93.6 Å². The molecule has 1 saturated carbocycles. The molecule has 0 bridgehead atoms. The van der Waals surface area contributed by atoms with Gasteiger partial charge in [0.05, 0.1) is 22.1 Å². The Morgan fingerprint density at radius 1 is 0.974 bits per heavy atom. The molecule has 1 aliphatic rings. The van der Waals surface area contributed by atoms with Gasteiger partial charge in [-0.2, -0.15) is 0 Å². The molecule has 1 atom stereocenters. The molecule has 0 spiro atoms. The van der Waals surface area contributed by atoms with Crippen molar-refractivity contribution in [3.05, 3.63) is 90.0 Å². The average molecular weight is 547 g/mol. The van der Waals surface area contributed by atoms with Crippen molar-refractivity contribution in [2.24, 2.45) is 5.92 Å². The highest BCUT2D eigenvalue weighted by Crippen LogP contribution is 2.28. The molecule has 2 aromatic carbocycles. The Morgan fingerprint density at radius 2 is 1.72 bits per heavy atom. The predicted octanol–water partition coefficient (Wildman–Crippen LogP) is 5.46. The first-order valence-corrected chi connectivity index (χ1v) is 14.6.